The number of benzene rings is 1. The van der Waals surface area contributed by atoms with Gasteiger partial charge in [-0.3, -0.25) is 9.63 Å². The van der Waals surface area contributed by atoms with Gasteiger partial charge in [0.25, 0.3) is 0 Å². The van der Waals surface area contributed by atoms with Crippen LogP contribution in [-0.2, 0) is 19.7 Å². The highest BCUT2D eigenvalue weighted by Gasteiger charge is 2.33. The Hall–Kier alpha value is -1.44. The van der Waals surface area contributed by atoms with E-state index in [0.717, 1.165) is 0 Å². The lowest BCUT2D eigenvalue weighted by molar-refractivity contribution is -0.136. The van der Waals surface area contributed by atoms with Gasteiger partial charge >= 0.3 is 0 Å². The van der Waals surface area contributed by atoms with Crippen LogP contribution in [0.4, 0.5) is 0 Å². The lowest BCUT2D eigenvalue weighted by atomic mass is 9.99. The smallest absolute Gasteiger partial charge is 0.247 e. The maximum atomic E-state index is 12.5. The highest BCUT2D eigenvalue weighted by Crippen LogP contribution is 2.23. The van der Waals surface area contributed by atoms with E-state index >= 15 is 0 Å². The van der Waals surface area contributed by atoms with Crippen LogP contribution in [0.1, 0.15) is 12.8 Å². The van der Waals surface area contributed by atoms with Crippen molar-refractivity contribution in [3.05, 3.63) is 30.3 Å². The molecule has 0 aliphatic carbocycles. The standard InChI is InChI=1S/C13H18N2O4S/c1-19-14-13(16)11-6-5-9-15(10-11)20(17,18)12-7-3-2-4-8-12/h2-4,7-8,11H,5-6,9-10H2,1H3,(H,14,16)/t11-/m0/s1. The van der Waals surface area contributed by atoms with Crippen LogP contribution in [-0.4, -0.2) is 38.8 Å². The molecule has 0 aromatic heterocycles. The minimum atomic E-state index is -3.53. The monoisotopic (exact) mass is 298 g/mol. The Kier molecular flexibility index (Phi) is 4.74. The number of nitrogens with zero attached hydrogens (tertiary/aromatic N) is 1. The van der Waals surface area contributed by atoms with Crippen LogP contribution in [0.15, 0.2) is 35.2 Å². The normalized spacial score (nSPS) is 20.6. The molecule has 1 N–H and O–H groups in total. The van der Waals surface area contributed by atoms with Crippen molar-refractivity contribution < 1.29 is 18.0 Å². The Morgan fingerprint density at radius 2 is 2.05 bits per heavy atom. The first-order chi connectivity index (χ1) is 9.55. The number of sulfonamides is 1. The van der Waals surface area contributed by atoms with Gasteiger partial charge in [-0.15, -0.1) is 0 Å². The van der Waals surface area contributed by atoms with Gasteiger partial charge in [0.15, 0.2) is 0 Å². The Morgan fingerprint density at radius 3 is 2.70 bits per heavy atom. The molecule has 1 fully saturated rings. The second-order valence-corrected chi connectivity index (χ2v) is 6.62. The van der Waals surface area contributed by atoms with E-state index in [2.05, 4.69) is 10.3 Å². The summed E-state index contributed by atoms with van der Waals surface area (Å²) in [5.41, 5.74) is 2.27. The summed E-state index contributed by atoms with van der Waals surface area (Å²) < 4.78 is 26.3. The second kappa shape index (κ2) is 6.34. The van der Waals surface area contributed by atoms with Crippen LogP contribution in [0, 0.1) is 5.92 Å². The molecule has 1 aliphatic heterocycles. The van der Waals surface area contributed by atoms with Crippen molar-refractivity contribution >= 4 is 15.9 Å². The molecule has 6 nitrogen and oxygen atoms in total. The van der Waals surface area contributed by atoms with Gasteiger partial charge in [0.1, 0.15) is 0 Å². The molecule has 1 amide bonds. The molecular weight excluding hydrogens is 280 g/mol. The van der Waals surface area contributed by atoms with E-state index in [1.807, 2.05) is 0 Å². The number of hydrogen-bond donors (Lipinski definition) is 1. The summed E-state index contributed by atoms with van der Waals surface area (Å²) >= 11 is 0. The van der Waals surface area contributed by atoms with Crippen molar-refractivity contribution in [2.24, 2.45) is 5.92 Å². The van der Waals surface area contributed by atoms with Gasteiger partial charge in [-0.05, 0) is 25.0 Å². The molecule has 0 bridgehead atoms. The fourth-order valence-corrected chi connectivity index (χ4v) is 3.85. The van der Waals surface area contributed by atoms with E-state index in [1.165, 1.54) is 11.4 Å². The number of amides is 1. The molecule has 0 radical (unpaired) electrons. The number of carbonyl (C=O) groups is 1. The third-order valence-corrected chi connectivity index (χ3v) is 5.22. The van der Waals surface area contributed by atoms with Crippen LogP contribution < -0.4 is 5.48 Å². The number of hydroxylamine groups is 1. The minimum Gasteiger partial charge on any atom is -0.277 e. The summed E-state index contributed by atoms with van der Waals surface area (Å²) in [5.74, 6) is -0.650. The topological polar surface area (TPSA) is 75.7 Å². The Bertz CT molecular complexity index is 559. The van der Waals surface area contributed by atoms with Gasteiger partial charge in [-0.1, -0.05) is 18.2 Å². The molecule has 1 saturated heterocycles. The molecule has 20 heavy (non-hydrogen) atoms. The Balaban J connectivity index is 2.15. The van der Waals surface area contributed by atoms with Crippen molar-refractivity contribution in [1.29, 1.82) is 0 Å². The number of piperidine rings is 1. The van der Waals surface area contributed by atoms with Crippen LogP contribution in [0.3, 0.4) is 0 Å². The summed E-state index contributed by atoms with van der Waals surface area (Å²) in [6.45, 7) is 0.625. The van der Waals surface area contributed by atoms with E-state index in [-0.39, 0.29) is 23.3 Å². The second-order valence-electron chi connectivity index (χ2n) is 4.69. The first kappa shape index (κ1) is 15.0. The third kappa shape index (κ3) is 3.17. The van der Waals surface area contributed by atoms with Gasteiger partial charge in [0.05, 0.1) is 17.9 Å². The molecule has 0 spiro atoms. The highest BCUT2D eigenvalue weighted by atomic mass is 32.2. The van der Waals surface area contributed by atoms with Gasteiger partial charge < -0.3 is 0 Å². The van der Waals surface area contributed by atoms with E-state index < -0.39 is 10.0 Å². The molecule has 1 aromatic rings. The van der Waals surface area contributed by atoms with Crippen molar-refractivity contribution in [2.45, 2.75) is 17.7 Å². The van der Waals surface area contributed by atoms with E-state index in [9.17, 15) is 13.2 Å². The maximum Gasteiger partial charge on any atom is 0.247 e. The lowest BCUT2D eigenvalue weighted by Crippen LogP contribution is -2.45. The summed E-state index contributed by atoms with van der Waals surface area (Å²) in [6.07, 6.45) is 1.32. The van der Waals surface area contributed by atoms with Gasteiger partial charge in [0, 0.05) is 13.1 Å². The average molecular weight is 298 g/mol. The molecule has 7 heteroatoms. The molecule has 0 saturated carbocycles. The molecule has 1 heterocycles. The average Bonchev–Trinajstić information content (AvgIpc) is 2.48. The van der Waals surface area contributed by atoms with Crippen molar-refractivity contribution in [2.75, 3.05) is 20.2 Å². The van der Waals surface area contributed by atoms with Crippen molar-refractivity contribution in [3.63, 3.8) is 0 Å². The zero-order valence-corrected chi connectivity index (χ0v) is 12.1. The van der Waals surface area contributed by atoms with E-state index in [4.69, 9.17) is 0 Å². The van der Waals surface area contributed by atoms with E-state index in [0.29, 0.717) is 19.4 Å². The zero-order chi connectivity index (χ0) is 14.6. The molecule has 1 aliphatic rings. The number of hydrogen-bond acceptors (Lipinski definition) is 4. The number of carbonyl (C=O) groups excluding carboxylic acids is 1. The fraction of sp³-hybridized carbons (Fsp3) is 0.462. The molecule has 2 rings (SSSR count). The fourth-order valence-electron chi connectivity index (χ4n) is 2.30. The number of rotatable bonds is 4. The van der Waals surface area contributed by atoms with Crippen LogP contribution in [0.5, 0.6) is 0 Å². The predicted molar refractivity (Wildman–Crippen MR) is 73.1 cm³/mol. The molecular formula is C13H18N2O4S. The van der Waals surface area contributed by atoms with Crippen LogP contribution in [0.2, 0.25) is 0 Å². The Morgan fingerprint density at radius 1 is 1.35 bits per heavy atom. The summed E-state index contributed by atoms with van der Waals surface area (Å²) in [5, 5.41) is 0. The van der Waals surface area contributed by atoms with Gasteiger partial charge in [-0.2, -0.15) is 4.31 Å². The largest absolute Gasteiger partial charge is 0.277 e. The highest BCUT2D eigenvalue weighted by molar-refractivity contribution is 7.89. The van der Waals surface area contributed by atoms with Gasteiger partial charge in [-0.25, -0.2) is 13.9 Å². The van der Waals surface area contributed by atoms with Crippen molar-refractivity contribution in [3.8, 4) is 0 Å². The van der Waals surface area contributed by atoms with E-state index in [1.54, 1.807) is 30.3 Å². The minimum absolute atomic E-state index is 0.187. The first-order valence-corrected chi connectivity index (χ1v) is 7.87. The maximum absolute atomic E-state index is 12.5. The van der Waals surface area contributed by atoms with Crippen LogP contribution in [0.25, 0.3) is 0 Å². The predicted octanol–water partition coefficient (Wildman–Crippen LogP) is 0.765. The SMILES string of the molecule is CONC(=O)[C@H]1CCCN(S(=O)(=O)c2ccccc2)C1. The molecule has 0 unspecified atom stereocenters. The summed E-state index contributed by atoms with van der Waals surface area (Å²) in [6, 6.07) is 8.27. The molecule has 1 aromatic carbocycles. The first-order valence-electron chi connectivity index (χ1n) is 6.43. The van der Waals surface area contributed by atoms with Gasteiger partial charge in [0.2, 0.25) is 15.9 Å². The van der Waals surface area contributed by atoms with Crippen molar-refractivity contribution in [1.82, 2.24) is 9.79 Å². The van der Waals surface area contributed by atoms with Crippen LogP contribution >= 0.6 is 0 Å². The molecule has 110 valence electrons. The zero-order valence-electron chi connectivity index (χ0n) is 11.3. The molecule has 1 atom stereocenters. The summed E-state index contributed by atoms with van der Waals surface area (Å²) in [7, 11) is -2.17. The number of nitrogens with one attached hydrogen (secondary N) is 1. The lowest BCUT2D eigenvalue weighted by Gasteiger charge is -2.30. The quantitative estimate of drug-likeness (QED) is 0.833. The summed E-state index contributed by atoms with van der Waals surface area (Å²) in [4.78, 5) is 16.6. The third-order valence-electron chi connectivity index (χ3n) is 3.34. The Labute approximate surface area is 118 Å².